The van der Waals surface area contributed by atoms with Crippen molar-refractivity contribution >= 4 is 11.3 Å². The van der Waals surface area contributed by atoms with Gasteiger partial charge in [-0.25, -0.2) is 4.98 Å². The molecule has 0 bridgehead atoms. The van der Waals surface area contributed by atoms with Gasteiger partial charge in [-0.2, -0.15) is 0 Å². The molecule has 5 heteroatoms. The molecule has 2 aromatic rings. The molecule has 0 spiro atoms. The van der Waals surface area contributed by atoms with Crippen molar-refractivity contribution in [1.82, 2.24) is 10.3 Å². The fourth-order valence-electron chi connectivity index (χ4n) is 2.30. The van der Waals surface area contributed by atoms with Crippen LogP contribution in [0.1, 0.15) is 29.2 Å². The summed E-state index contributed by atoms with van der Waals surface area (Å²) >= 11 is 1.68. The van der Waals surface area contributed by atoms with Crippen molar-refractivity contribution in [1.29, 1.82) is 0 Å². The molecule has 0 fully saturated rings. The summed E-state index contributed by atoms with van der Waals surface area (Å²) in [6, 6.07) is 6.22. The van der Waals surface area contributed by atoms with Crippen LogP contribution >= 0.6 is 11.3 Å². The Morgan fingerprint density at radius 3 is 2.80 bits per heavy atom. The number of nitrogens with zero attached hydrogens (tertiary/aromatic N) is 1. The minimum Gasteiger partial charge on any atom is -0.486 e. The van der Waals surface area contributed by atoms with Crippen molar-refractivity contribution in [2.75, 3.05) is 19.8 Å². The zero-order chi connectivity index (χ0) is 13.9. The molecular weight excluding hydrogens is 272 g/mol. The molecule has 2 heterocycles. The van der Waals surface area contributed by atoms with E-state index in [1.54, 1.807) is 11.3 Å². The zero-order valence-electron chi connectivity index (χ0n) is 11.7. The van der Waals surface area contributed by atoms with Crippen molar-refractivity contribution in [3.63, 3.8) is 0 Å². The van der Waals surface area contributed by atoms with Crippen LogP contribution in [0.5, 0.6) is 11.5 Å². The van der Waals surface area contributed by atoms with Gasteiger partial charge < -0.3 is 14.8 Å². The van der Waals surface area contributed by atoms with E-state index in [0.717, 1.165) is 34.3 Å². The summed E-state index contributed by atoms with van der Waals surface area (Å²) < 4.78 is 11.2. The van der Waals surface area contributed by atoms with Crippen LogP contribution < -0.4 is 14.8 Å². The summed E-state index contributed by atoms with van der Waals surface area (Å²) in [5.74, 6) is 1.65. The lowest BCUT2D eigenvalue weighted by Gasteiger charge is -2.21. The second-order valence-corrected chi connectivity index (χ2v) is 5.61. The van der Waals surface area contributed by atoms with E-state index in [4.69, 9.17) is 9.47 Å². The third kappa shape index (κ3) is 2.64. The first kappa shape index (κ1) is 13.4. The second-order valence-electron chi connectivity index (χ2n) is 4.72. The SMILES string of the molecule is CCNC(c1ccc2c(c1)OCCO2)c1nc(C)cs1. The van der Waals surface area contributed by atoms with Crippen LogP contribution in [0.3, 0.4) is 0 Å². The maximum atomic E-state index is 5.66. The normalized spacial score (nSPS) is 15.1. The Bertz CT molecular complexity index is 597. The molecule has 1 unspecified atom stereocenters. The molecule has 20 heavy (non-hydrogen) atoms. The van der Waals surface area contributed by atoms with Crippen molar-refractivity contribution in [3.05, 3.63) is 39.8 Å². The summed E-state index contributed by atoms with van der Waals surface area (Å²) in [6.07, 6.45) is 0. The van der Waals surface area contributed by atoms with Gasteiger partial charge in [0.1, 0.15) is 18.2 Å². The molecule has 3 rings (SSSR count). The molecule has 4 nitrogen and oxygen atoms in total. The number of hydrogen-bond acceptors (Lipinski definition) is 5. The Kier molecular flexibility index (Phi) is 3.89. The predicted molar refractivity (Wildman–Crippen MR) is 79.8 cm³/mol. The number of nitrogens with one attached hydrogen (secondary N) is 1. The molecule has 0 radical (unpaired) electrons. The smallest absolute Gasteiger partial charge is 0.161 e. The summed E-state index contributed by atoms with van der Waals surface area (Å²) in [5.41, 5.74) is 2.22. The van der Waals surface area contributed by atoms with Gasteiger partial charge in [0, 0.05) is 11.1 Å². The second kappa shape index (κ2) is 5.81. The number of fused-ring (bicyclic) bond motifs is 1. The number of rotatable bonds is 4. The van der Waals surface area contributed by atoms with Gasteiger partial charge in [0.25, 0.3) is 0 Å². The van der Waals surface area contributed by atoms with Crippen LogP contribution in [0.4, 0.5) is 0 Å². The van der Waals surface area contributed by atoms with E-state index >= 15 is 0 Å². The van der Waals surface area contributed by atoms with Gasteiger partial charge in [-0.05, 0) is 31.2 Å². The Morgan fingerprint density at radius 2 is 2.10 bits per heavy atom. The average molecular weight is 290 g/mol. The van der Waals surface area contributed by atoms with Crippen LogP contribution in [-0.2, 0) is 0 Å². The Labute approximate surface area is 122 Å². The first-order valence-corrected chi connectivity index (χ1v) is 7.71. The Morgan fingerprint density at radius 1 is 1.30 bits per heavy atom. The molecule has 1 N–H and O–H groups in total. The van der Waals surface area contributed by atoms with E-state index < -0.39 is 0 Å². The molecule has 106 valence electrons. The monoisotopic (exact) mass is 290 g/mol. The number of aryl methyl sites for hydroxylation is 1. The van der Waals surface area contributed by atoms with E-state index in [2.05, 4.69) is 34.7 Å². The zero-order valence-corrected chi connectivity index (χ0v) is 12.5. The number of thiazole rings is 1. The van der Waals surface area contributed by atoms with Crippen molar-refractivity contribution in [2.45, 2.75) is 19.9 Å². The fourth-order valence-corrected chi connectivity index (χ4v) is 3.19. The lowest BCUT2D eigenvalue weighted by Crippen LogP contribution is -2.22. The number of aromatic nitrogens is 1. The van der Waals surface area contributed by atoms with Gasteiger partial charge in [0.05, 0.1) is 6.04 Å². The van der Waals surface area contributed by atoms with Gasteiger partial charge in [-0.15, -0.1) is 11.3 Å². The van der Waals surface area contributed by atoms with Crippen LogP contribution in [0.2, 0.25) is 0 Å². The topological polar surface area (TPSA) is 43.4 Å². The van der Waals surface area contributed by atoms with E-state index in [0.29, 0.717) is 13.2 Å². The number of hydrogen-bond donors (Lipinski definition) is 1. The molecule has 1 aromatic carbocycles. The molecule has 0 saturated carbocycles. The summed E-state index contributed by atoms with van der Waals surface area (Å²) in [4.78, 5) is 4.60. The van der Waals surface area contributed by atoms with E-state index in [1.165, 1.54) is 0 Å². The van der Waals surface area contributed by atoms with Gasteiger partial charge in [-0.1, -0.05) is 13.0 Å². The first-order valence-electron chi connectivity index (χ1n) is 6.83. The van der Waals surface area contributed by atoms with Crippen LogP contribution in [-0.4, -0.2) is 24.7 Å². The minimum atomic E-state index is 0.106. The van der Waals surface area contributed by atoms with Crippen LogP contribution in [0, 0.1) is 6.92 Å². The van der Waals surface area contributed by atoms with Crippen LogP contribution in [0.25, 0.3) is 0 Å². The highest BCUT2D eigenvalue weighted by Crippen LogP contribution is 2.34. The third-order valence-corrected chi connectivity index (χ3v) is 4.22. The highest BCUT2D eigenvalue weighted by atomic mass is 32.1. The van der Waals surface area contributed by atoms with E-state index in [1.807, 2.05) is 13.0 Å². The Hall–Kier alpha value is -1.59. The summed E-state index contributed by atoms with van der Waals surface area (Å²) in [7, 11) is 0. The average Bonchev–Trinajstić information content (AvgIpc) is 2.90. The molecule has 0 aliphatic carbocycles. The van der Waals surface area contributed by atoms with E-state index in [-0.39, 0.29) is 6.04 Å². The molecule has 1 atom stereocenters. The quantitative estimate of drug-likeness (QED) is 0.940. The van der Waals surface area contributed by atoms with Crippen LogP contribution in [0.15, 0.2) is 23.6 Å². The highest BCUT2D eigenvalue weighted by molar-refractivity contribution is 7.09. The van der Waals surface area contributed by atoms with Crippen molar-refractivity contribution in [3.8, 4) is 11.5 Å². The van der Waals surface area contributed by atoms with Gasteiger partial charge in [0.2, 0.25) is 0 Å². The van der Waals surface area contributed by atoms with E-state index in [9.17, 15) is 0 Å². The summed E-state index contributed by atoms with van der Waals surface area (Å²) in [5, 5.41) is 6.65. The molecular formula is C15H18N2O2S. The number of ether oxygens (including phenoxy) is 2. The molecule has 1 aliphatic rings. The van der Waals surface area contributed by atoms with Gasteiger partial charge in [-0.3, -0.25) is 0 Å². The maximum absolute atomic E-state index is 5.66. The van der Waals surface area contributed by atoms with Gasteiger partial charge >= 0.3 is 0 Å². The predicted octanol–water partition coefficient (Wildman–Crippen LogP) is 2.92. The molecule has 0 amide bonds. The number of benzene rings is 1. The minimum absolute atomic E-state index is 0.106. The molecule has 0 saturated heterocycles. The first-order chi connectivity index (χ1) is 9.78. The Balaban J connectivity index is 1.95. The highest BCUT2D eigenvalue weighted by Gasteiger charge is 2.20. The summed E-state index contributed by atoms with van der Waals surface area (Å²) in [6.45, 7) is 6.24. The van der Waals surface area contributed by atoms with Crippen molar-refractivity contribution in [2.24, 2.45) is 0 Å². The lowest BCUT2D eigenvalue weighted by atomic mass is 10.1. The van der Waals surface area contributed by atoms with Gasteiger partial charge in [0.15, 0.2) is 11.5 Å². The van der Waals surface area contributed by atoms with Crippen molar-refractivity contribution < 1.29 is 9.47 Å². The maximum Gasteiger partial charge on any atom is 0.161 e. The standard InChI is InChI=1S/C15H18N2O2S/c1-3-16-14(15-17-10(2)9-20-15)11-4-5-12-13(8-11)19-7-6-18-12/h4-5,8-9,14,16H,3,6-7H2,1-2H3. The largest absolute Gasteiger partial charge is 0.486 e. The third-order valence-electron chi connectivity index (χ3n) is 3.19. The fraction of sp³-hybridized carbons (Fsp3) is 0.400. The molecule has 1 aliphatic heterocycles. The molecule has 1 aromatic heterocycles. The lowest BCUT2D eigenvalue weighted by molar-refractivity contribution is 0.171.